The smallest absolute Gasteiger partial charge is 0.129 e. The summed E-state index contributed by atoms with van der Waals surface area (Å²) in [5, 5.41) is 10.9. The molecule has 1 aromatic heterocycles. The molecule has 0 radical (unpaired) electrons. The molecule has 1 saturated carbocycles. The van der Waals surface area contributed by atoms with E-state index in [-0.39, 0.29) is 11.5 Å². The molecule has 2 atom stereocenters. The lowest BCUT2D eigenvalue weighted by Gasteiger charge is -2.48. The van der Waals surface area contributed by atoms with Crippen molar-refractivity contribution in [1.29, 1.82) is 0 Å². The summed E-state index contributed by atoms with van der Waals surface area (Å²) < 4.78 is 5.89. The molecule has 1 aliphatic heterocycles. The zero-order chi connectivity index (χ0) is 12.6. The van der Waals surface area contributed by atoms with Crippen LogP contribution in [-0.4, -0.2) is 22.3 Å². The van der Waals surface area contributed by atoms with Crippen molar-refractivity contribution in [3.63, 3.8) is 0 Å². The molecule has 2 fully saturated rings. The van der Waals surface area contributed by atoms with Gasteiger partial charge in [-0.1, -0.05) is 11.6 Å². The molecule has 1 N–H and O–H groups in total. The van der Waals surface area contributed by atoms with Gasteiger partial charge in [0.05, 0.1) is 11.7 Å². The molecule has 18 heavy (non-hydrogen) atoms. The van der Waals surface area contributed by atoms with Crippen LogP contribution in [0, 0.1) is 5.92 Å². The first-order chi connectivity index (χ1) is 8.69. The van der Waals surface area contributed by atoms with Crippen molar-refractivity contribution in [2.24, 2.45) is 5.92 Å². The van der Waals surface area contributed by atoms with E-state index in [9.17, 15) is 5.11 Å². The van der Waals surface area contributed by atoms with E-state index in [1.54, 1.807) is 12.3 Å². The van der Waals surface area contributed by atoms with Crippen molar-refractivity contribution >= 4 is 11.6 Å². The molecular weight excluding hydrogens is 250 g/mol. The molecule has 98 valence electrons. The van der Waals surface area contributed by atoms with Crippen LogP contribution in [0.5, 0.6) is 0 Å². The van der Waals surface area contributed by atoms with E-state index in [1.165, 1.54) is 6.42 Å². The van der Waals surface area contributed by atoms with Gasteiger partial charge in [0.25, 0.3) is 0 Å². The first-order valence-electron chi connectivity index (χ1n) is 6.62. The Morgan fingerprint density at radius 3 is 3.00 bits per heavy atom. The molecule has 0 bridgehead atoms. The van der Waals surface area contributed by atoms with Crippen molar-refractivity contribution in [3.8, 4) is 0 Å². The molecule has 3 nitrogen and oxygen atoms in total. The third kappa shape index (κ3) is 2.27. The van der Waals surface area contributed by atoms with Gasteiger partial charge < -0.3 is 9.84 Å². The maximum atomic E-state index is 10.5. The van der Waals surface area contributed by atoms with Crippen LogP contribution in [-0.2, 0) is 4.74 Å². The van der Waals surface area contributed by atoms with Gasteiger partial charge in [0.15, 0.2) is 0 Å². The molecule has 4 heteroatoms. The Morgan fingerprint density at radius 1 is 1.50 bits per heavy atom. The molecule has 0 amide bonds. The quantitative estimate of drug-likeness (QED) is 0.837. The lowest BCUT2D eigenvalue weighted by molar-refractivity contribution is -0.157. The average molecular weight is 268 g/mol. The van der Waals surface area contributed by atoms with Gasteiger partial charge in [-0.2, -0.15) is 0 Å². The highest BCUT2D eigenvalue weighted by Crippen LogP contribution is 2.47. The number of ether oxygens (including phenoxy) is 1. The summed E-state index contributed by atoms with van der Waals surface area (Å²) in [6, 6.07) is 3.61. The average Bonchev–Trinajstić information content (AvgIpc) is 2.36. The van der Waals surface area contributed by atoms with Crippen LogP contribution in [0.15, 0.2) is 18.3 Å². The first-order valence-corrected chi connectivity index (χ1v) is 7.00. The van der Waals surface area contributed by atoms with Crippen LogP contribution in [0.3, 0.4) is 0 Å². The zero-order valence-electron chi connectivity index (χ0n) is 10.3. The van der Waals surface area contributed by atoms with E-state index in [4.69, 9.17) is 16.3 Å². The predicted octanol–water partition coefficient (Wildman–Crippen LogP) is 3.12. The van der Waals surface area contributed by atoms with Crippen LogP contribution >= 0.6 is 11.6 Å². The van der Waals surface area contributed by atoms with Crippen molar-refractivity contribution in [1.82, 2.24) is 4.98 Å². The molecule has 0 aromatic carbocycles. The molecular formula is C14H18ClNO2. The lowest BCUT2D eigenvalue weighted by Crippen LogP contribution is -2.46. The molecule has 1 saturated heterocycles. The largest absolute Gasteiger partial charge is 0.388 e. The standard InChI is InChI=1S/C14H18ClNO2/c15-12-8-10(2-6-16-12)13(17)11-3-7-18-14(9-11)4-1-5-14/h2,6,8,11,13,17H,1,3-5,7,9H2. The number of aliphatic hydroxyl groups excluding tert-OH is 1. The normalized spacial score (nSPS) is 27.8. The van der Waals surface area contributed by atoms with Gasteiger partial charge in [-0.15, -0.1) is 0 Å². The van der Waals surface area contributed by atoms with E-state index in [0.29, 0.717) is 5.15 Å². The van der Waals surface area contributed by atoms with Crippen LogP contribution in [0.2, 0.25) is 5.15 Å². The van der Waals surface area contributed by atoms with E-state index in [2.05, 4.69) is 4.98 Å². The van der Waals surface area contributed by atoms with E-state index in [1.807, 2.05) is 6.07 Å². The van der Waals surface area contributed by atoms with Crippen LogP contribution < -0.4 is 0 Å². The molecule has 2 unspecified atom stereocenters. The monoisotopic (exact) mass is 267 g/mol. The highest BCUT2D eigenvalue weighted by Gasteiger charge is 2.44. The summed E-state index contributed by atoms with van der Waals surface area (Å²) in [4.78, 5) is 3.95. The Labute approximate surface area is 112 Å². The van der Waals surface area contributed by atoms with Gasteiger partial charge in [-0.05, 0) is 55.7 Å². The lowest BCUT2D eigenvalue weighted by atomic mass is 9.70. The number of hydrogen-bond acceptors (Lipinski definition) is 3. The summed E-state index contributed by atoms with van der Waals surface area (Å²) in [6.45, 7) is 0.764. The fraction of sp³-hybridized carbons (Fsp3) is 0.643. The summed E-state index contributed by atoms with van der Waals surface area (Å²) in [5.41, 5.74) is 0.942. The van der Waals surface area contributed by atoms with Gasteiger partial charge in [0.1, 0.15) is 5.15 Å². The summed E-state index contributed by atoms with van der Waals surface area (Å²) >= 11 is 5.88. The minimum atomic E-state index is -0.452. The Bertz CT molecular complexity index is 434. The van der Waals surface area contributed by atoms with Crippen LogP contribution in [0.1, 0.15) is 43.8 Å². The number of aromatic nitrogens is 1. The van der Waals surface area contributed by atoms with Crippen molar-refractivity contribution in [3.05, 3.63) is 29.0 Å². The second-order valence-corrected chi connectivity index (χ2v) is 5.88. The van der Waals surface area contributed by atoms with E-state index >= 15 is 0 Å². The Morgan fingerprint density at radius 2 is 2.33 bits per heavy atom. The number of halogens is 1. The van der Waals surface area contributed by atoms with Gasteiger partial charge in [0.2, 0.25) is 0 Å². The minimum Gasteiger partial charge on any atom is -0.388 e. The van der Waals surface area contributed by atoms with Crippen molar-refractivity contribution < 1.29 is 9.84 Å². The molecule has 1 aromatic rings. The number of pyridine rings is 1. The first kappa shape index (κ1) is 12.4. The van der Waals surface area contributed by atoms with Crippen LogP contribution in [0.25, 0.3) is 0 Å². The second-order valence-electron chi connectivity index (χ2n) is 5.49. The van der Waals surface area contributed by atoms with Crippen molar-refractivity contribution in [2.75, 3.05) is 6.61 Å². The number of rotatable bonds is 2. The van der Waals surface area contributed by atoms with Gasteiger partial charge >= 0.3 is 0 Å². The highest BCUT2D eigenvalue weighted by atomic mass is 35.5. The number of nitrogens with zero attached hydrogens (tertiary/aromatic N) is 1. The molecule has 2 heterocycles. The number of hydrogen-bond donors (Lipinski definition) is 1. The SMILES string of the molecule is OC(c1ccnc(Cl)c1)C1CCOC2(CCC2)C1. The number of aliphatic hydroxyl groups is 1. The third-order valence-corrected chi connectivity index (χ3v) is 4.54. The minimum absolute atomic E-state index is 0.0702. The van der Waals surface area contributed by atoms with E-state index in [0.717, 1.165) is 37.9 Å². The molecule has 1 spiro atoms. The van der Waals surface area contributed by atoms with Gasteiger partial charge in [0, 0.05) is 12.8 Å². The maximum Gasteiger partial charge on any atom is 0.129 e. The topological polar surface area (TPSA) is 42.4 Å². The van der Waals surface area contributed by atoms with Crippen molar-refractivity contribution in [2.45, 2.75) is 43.8 Å². The molecule has 3 rings (SSSR count). The predicted molar refractivity (Wildman–Crippen MR) is 69.5 cm³/mol. The van der Waals surface area contributed by atoms with Crippen LogP contribution in [0.4, 0.5) is 0 Å². The Balaban J connectivity index is 1.73. The third-order valence-electron chi connectivity index (χ3n) is 4.33. The van der Waals surface area contributed by atoms with Gasteiger partial charge in [-0.25, -0.2) is 4.98 Å². The summed E-state index contributed by atoms with van der Waals surface area (Å²) in [6.07, 6.45) is 6.63. The molecule has 1 aliphatic carbocycles. The summed E-state index contributed by atoms with van der Waals surface area (Å²) in [5.74, 6) is 0.275. The summed E-state index contributed by atoms with van der Waals surface area (Å²) in [7, 11) is 0. The fourth-order valence-corrected chi connectivity index (χ4v) is 3.31. The fourth-order valence-electron chi connectivity index (χ4n) is 3.13. The maximum absolute atomic E-state index is 10.5. The Hall–Kier alpha value is -0.640. The Kier molecular flexibility index (Phi) is 3.31. The van der Waals surface area contributed by atoms with E-state index < -0.39 is 6.10 Å². The molecule has 2 aliphatic rings. The van der Waals surface area contributed by atoms with Gasteiger partial charge in [-0.3, -0.25) is 0 Å². The zero-order valence-corrected chi connectivity index (χ0v) is 11.1. The second kappa shape index (κ2) is 4.80. The highest BCUT2D eigenvalue weighted by molar-refractivity contribution is 6.29.